The van der Waals surface area contributed by atoms with Gasteiger partial charge in [0.15, 0.2) is 0 Å². The van der Waals surface area contributed by atoms with Gasteiger partial charge in [-0.3, -0.25) is 14.5 Å². The number of carbonyl (C=O) groups excluding carboxylic acids is 3. The van der Waals surface area contributed by atoms with Gasteiger partial charge in [-0.05, 0) is 20.3 Å². The highest BCUT2D eigenvalue weighted by atomic mass is 16.3. The monoisotopic (exact) mass is 243 g/mol. The van der Waals surface area contributed by atoms with Crippen molar-refractivity contribution in [3.05, 3.63) is 0 Å². The standard InChI is InChI=1S/C10H17N3O4/c1-6(3-7(2)14)12-8(15)5-13-9(16)4-11-10(13)17/h6-7,14H,3-5H2,1-2H3,(H,11,17)(H,12,15). The maximum absolute atomic E-state index is 11.5. The van der Waals surface area contributed by atoms with Crippen LogP contribution in [0.15, 0.2) is 0 Å². The fraction of sp³-hybridized carbons (Fsp3) is 0.700. The lowest BCUT2D eigenvalue weighted by molar-refractivity contribution is -0.130. The highest BCUT2D eigenvalue weighted by Crippen LogP contribution is 2.00. The molecule has 0 aromatic rings. The Morgan fingerprint density at radius 3 is 2.65 bits per heavy atom. The second kappa shape index (κ2) is 5.62. The number of rotatable bonds is 5. The number of aliphatic hydroxyl groups excluding tert-OH is 1. The molecule has 0 radical (unpaired) electrons. The topological polar surface area (TPSA) is 98.7 Å². The number of urea groups is 1. The fourth-order valence-corrected chi connectivity index (χ4v) is 1.65. The molecule has 1 saturated heterocycles. The summed E-state index contributed by atoms with van der Waals surface area (Å²) in [5.41, 5.74) is 0. The Bertz CT molecular complexity index is 314. The second-order valence-corrected chi connectivity index (χ2v) is 4.19. The van der Waals surface area contributed by atoms with Crippen molar-refractivity contribution < 1.29 is 19.5 Å². The molecule has 0 spiro atoms. The van der Waals surface area contributed by atoms with Crippen LogP contribution in [0.3, 0.4) is 0 Å². The number of amides is 4. The Balaban J connectivity index is 2.39. The molecule has 1 heterocycles. The van der Waals surface area contributed by atoms with Crippen molar-refractivity contribution in [2.45, 2.75) is 32.4 Å². The third kappa shape index (κ3) is 4.03. The minimum Gasteiger partial charge on any atom is -0.393 e. The van der Waals surface area contributed by atoms with Gasteiger partial charge < -0.3 is 15.7 Å². The van der Waals surface area contributed by atoms with Crippen LogP contribution in [0, 0.1) is 0 Å². The zero-order valence-electron chi connectivity index (χ0n) is 9.90. The molecule has 7 heteroatoms. The SMILES string of the molecule is CC(O)CC(C)NC(=O)CN1C(=O)CNC1=O. The van der Waals surface area contributed by atoms with E-state index in [2.05, 4.69) is 10.6 Å². The normalized spacial score (nSPS) is 18.9. The van der Waals surface area contributed by atoms with Crippen LogP contribution < -0.4 is 10.6 Å². The lowest BCUT2D eigenvalue weighted by Crippen LogP contribution is -2.44. The summed E-state index contributed by atoms with van der Waals surface area (Å²) in [7, 11) is 0. The largest absolute Gasteiger partial charge is 0.393 e. The molecule has 0 saturated carbocycles. The summed E-state index contributed by atoms with van der Waals surface area (Å²) in [5, 5.41) is 14.1. The molecular formula is C10H17N3O4. The van der Waals surface area contributed by atoms with Crippen molar-refractivity contribution in [3.63, 3.8) is 0 Å². The van der Waals surface area contributed by atoms with E-state index >= 15 is 0 Å². The summed E-state index contributed by atoms with van der Waals surface area (Å²) in [5.74, 6) is -0.822. The molecule has 7 nitrogen and oxygen atoms in total. The first kappa shape index (κ1) is 13.4. The van der Waals surface area contributed by atoms with Crippen molar-refractivity contribution in [1.82, 2.24) is 15.5 Å². The highest BCUT2D eigenvalue weighted by molar-refractivity contribution is 6.04. The van der Waals surface area contributed by atoms with E-state index in [1.807, 2.05) is 0 Å². The molecule has 1 aliphatic heterocycles. The molecule has 4 amide bonds. The minimum absolute atomic E-state index is 0.0602. The van der Waals surface area contributed by atoms with Crippen LogP contribution in [0.1, 0.15) is 20.3 Å². The van der Waals surface area contributed by atoms with E-state index in [-0.39, 0.29) is 19.1 Å². The van der Waals surface area contributed by atoms with Crippen LogP contribution in [0.25, 0.3) is 0 Å². The summed E-state index contributed by atoms with van der Waals surface area (Å²) < 4.78 is 0. The number of hydrogen-bond acceptors (Lipinski definition) is 4. The molecule has 0 aromatic carbocycles. The Morgan fingerprint density at radius 1 is 1.53 bits per heavy atom. The maximum atomic E-state index is 11.5. The van der Waals surface area contributed by atoms with Crippen molar-refractivity contribution in [2.75, 3.05) is 13.1 Å². The molecule has 17 heavy (non-hydrogen) atoms. The summed E-state index contributed by atoms with van der Waals surface area (Å²) in [4.78, 5) is 34.7. The smallest absolute Gasteiger partial charge is 0.325 e. The number of nitrogens with one attached hydrogen (secondary N) is 2. The van der Waals surface area contributed by atoms with E-state index in [0.29, 0.717) is 6.42 Å². The van der Waals surface area contributed by atoms with Crippen LogP contribution in [0.4, 0.5) is 4.79 Å². The van der Waals surface area contributed by atoms with Crippen LogP contribution >= 0.6 is 0 Å². The second-order valence-electron chi connectivity index (χ2n) is 4.19. The van der Waals surface area contributed by atoms with E-state index in [9.17, 15) is 14.4 Å². The average molecular weight is 243 g/mol. The van der Waals surface area contributed by atoms with E-state index < -0.39 is 23.9 Å². The van der Waals surface area contributed by atoms with E-state index in [0.717, 1.165) is 4.90 Å². The van der Waals surface area contributed by atoms with Gasteiger partial charge in [-0.25, -0.2) is 4.79 Å². The lowest BCUT2D eigenvalue weighted by atomic mass is 10.1. The van der Waals surface area contributed by atoms with Gasteiger partial charge in [-0.1, -0.05) is 0 Å². The predicted molar refractivity (Wildman–Crippen MR) is 59.0 cm³/mol. The molecule has 2 unspecified atom stereocenters. The summed E-state index contributed by atoms with van der Waals surface area (Å²) in [6.45, 7) is 3.03. The number of carbonyl (C=O) groups is 3. The summed E-state index contributed by atoms with van der Waals surface area (Å²) >= 11 is 0. The van der Waals surface area contributed by atoms with Gasteiger partial charge in [-0.2, -0.15) is 0 Å². The molecule has 1 fully saturated rings. The number of hydrogen-bond donors (Lipinski definition) is 3. The Labute approximate surface area is 99.2 Å². The van der Waals surface area contributed by atoms with Gasteiger partial charge in [0, 0.05) is 6.04 Å². The molecule has 1 aliphatic rings. The van der Waals surface area contributed by atoms with Crippen LogP contribution in [0.5, 0.6) is 0 Å². The van der Waals surface area contributed by atoms with Crippen LogP contribution in [-0.4, -0.2) is 53.1 Å². The summed E-state index contributed by atoms with van der Waals surface area (Å²) in [6.07, 6.45) is -0.0895. The first-order valence-electron chi connectivity index (χ1n) is 5.45. The minimum atomic E-state index is -0.548. The number of aliphatic hydroxyl groups is 1. The third-order valence-electron chi connectivity index (χ3n) is 2.34. The van der Waals surface area contributed by atoms with Gasteiger partial charge >= 0.3 is 6.03 Å². The zero-order valence-corrected chi connectivity index (χ0v) is 9.90. The van der Waals surface area contributed by atoms with Crippen LogP contribution in [-0.2, 0) is 9.59 Å². The number of imide groups is 1. The predicted octanol–water partition coefficient (Wildman–Crippen LogP) is -1.19. The average Bonchev–Trinajstić information content (AvgIpc) is 2.47. The van der Waals surface area contributed by atoms with Gasteiger partial charge in [0.05, 0.1) is 12.6 Å². The van der Waals surface area contributed by atoms with Crippen molar-refractivity contribution in [2.24, 2.45) is 0 Å². The summed E-state index contributed by atoms with van der Waals surface area (Å²) in [6, 6.07) is -0.753. The van der Waals surface area contributed by atoms with Crippen molar-refractivity contribution in [3.8, 4) is 0 Å². The van der Waals surface area contributed by atoms with Crippen LogP contribution in [0.2, 0.25) is 0 Å². The fourth-order valence-electron chi connectivity index (χ4n) is 1.65. The third-order valence-corrected chi connectivity index (χ3v) is 2.34. The van der Waals surface area contributed by atoms with E-state index in [1.165, 1.54) is 0 Å². The van der Waals surface area contributed by atoms with Crippen molar-refractivity contribution >= 4 is 17.8 Å². The molecule has 3 N–H and O–H groups in total. The molecule has 0 bridgehead atoms. The van der Waals surface area contributed by atoms with Gasteiger partial charge in [0.2, 0.25) is 5.91 Å². The Hall–Kier alpha value is -1.63. The molecule has 96 valence electrons. The number of nitrogens with zero attached hydrogens (tertiary/aromatic N) is 1. The first-order valence-corrected chi connectivity index (χ1v) is 5.45. The maximum Gasteiger partial charge on any atom is 0.325 e. The van der Waals surface area contributed by atoms with Gasteiger partial charge in [-0.15, -0.1) is 0 Å². The van der Waals surface area contributed by atoms with Gasteiger partial charge in [0.25, 0.3) is 5.91 Å². The Morgan fingerprint density at radius 2 is 2.18 bits per heavy atom. The highest BCUT2D eigenvalue weighted by Gasteiger charge is 2.30. The first-order chi connectivity index (χ1) is 7.90. The quantitative estimate of drug-likeness (QED) is 0.529. The van der Waals surface area contributed by atoms with E-state index in [1.54, 1.807) is 13.8 Å². The zero-order chi connectivity index (χ0) is 13.0. The molecule has 1 rings (SSSR count). The molecule has 0 aliphatic carbocycles. The molecule has 0 aromatic heterocycles. The molecular weight excluding hydrogens is 226 g/mol. The van der Waals surface area contributed by atoms with Gasteiger partial charge in [0.1, 0.15) is 6.54 Å². The van der Waals surface area contributed by atoms with E-state index in [4.69, 9.17) is 5.11 Å². The lowest BCUT2D eigenvalue weighted by Gasteiger charge is -2.17. The van der Waals surface area contributed by atoms with Crippen molar-refractivity contribution in [1.29, 1.82) is 0 Å². The Kier molecular flexibility index (Phi) is 4.45. The molecule has 2 atom stereocenters.